The third-order valence-corrected chi connectivity index (χ3v) is 7.73. The van der Waals surface area contributed by atoms with Crippen molar-refractivity contribution in [3.05, 3.63) is 89.4 Å². The second kappa shape index (κ2) is 11.9. The minimum absolute atomic E-state index is 0.0106. The summed E-state index contributed by atoms with van der Waals surface area (Å²) in [5, 5.41) is 2.72. The maximum atomic E-state index is 13.7. The van der Waals surface area contributed by atoms with Crippen LogP contribution in [0, 0.1) is 0 Å². The molecule has 190 valence electrons. The normalized spacial score (nSPS) is 11.9. The van der Waals surface area contributed by atoms with E-state index in [1.54, 1.807) is 67.6 Å². The van der Waals surface area contributed by atoms with E-state index in [0.29, 0.717) is 11.3 Å². The van der Waals surface area contributed by atoms with E-state index < -0.39 is 28.5 Å². The fourth-order valence-corrected chi connectivity index (χ4v) is 5.39. The van der Waals surface area contributed by atoms with Crippen LogP contribution in [-0.2, 0) is 26.2 Å². The van der Waals surface area contributed by atoms with Crippen molar-refractivity contribution in [3.63, 3.8) is 0 Å². The SMILES string of the molecule is CNC(=O)[C@@H](C)N(Cc1cccc(OC)c1)C(=O)CN(c1ccccc1Cl)S(=O)(=O)c1ccccc1. The molecule has 0 spiro atoms. The van der Waals surface area contributed by atoms with Crippen LogP contribution in [-0.4, -0.2) is 51.9 Å². The number of carbonyl (C=O) groups is 2. The number of anilines is 1. The van der Waals surface area contributed by atoms with Gasteiger partial charge in [-0.05, 0) is 48.9 Å². The first kappa shape index (κ1) is 27.0. The van der Waals surface area contributed by atoms with E-state index in [-0.39, 0.29) is 28.1 Å². The number of nitrogens with zero attached hydrogens (tertiary/aromatic N) is 2. The molecule has 0 unspecified atom stereocenters. The zero-order valence-corrected chi connectivity index (χ0v) is 21.8. The monoisotopic (exact) mass is 529 g/mol. The summed E-state index contributed by atoms with van der Waals surface area (Å²) in [6.45, 7) is 1.08. The van der Waals surface area contributed by atoms with Gasteiger partial charge in [0.15, 0.2) is 0 Å². The standard InChI is InChI=1S/C26H28ClN3O5S/c1-19(26(32)28-2)29(17-20-10-9-11-21(16-20)35-3)25(31)18-30(24-15-8-7-14-23(24)27)36(33,34)22-12-5-4-6-13-22/h4-16,19H,17-18H2,1-3H3,(H,28,32)/t19-/m1/s1. The second-order valence-electron chi connectivity index (χ2n) is 7.94. The topological polar surface area (TPSA) is 96.0 Å². The molecule has 0 aliphatic heterocycles. The van der Waals surface area contributed by atoms with Crippen LogP contribution in [0.2, 0.25) is 5.02 Å². The Bertz CT molecular complexity index is 1320. The highest BCUT2D eigenvalue weighted by molar-refractivity contribution is 7.92. The van der Waals surface area contributed by atoms with Crippen LogP contribution in [0.1, 0.15) is 12.5 Å². The van der Waals surface area contributed by atoms with Crippen molar-refractivity contribution in [3.8, 4) is 5.75 Å². The largest absolute Gasteiger partial charge is 0.497 e. The lowest BCUT2D eigenvalue weighted by Gasteiger charge is -2.32. The van der Waals surface area contributed by atoms with Crippen molar-refractivity contribution in [1.82, 2.24) is 10.2 Å². The third kappa shape index (κ3) is 6.16. The van der Waals surface area contributed by atoms with E-state index >= 15 is 0 Å². The first-order chi connectivity index (χ1) is 17.2. The summed E-state index contributed by atoms with van der Waals surface area (Å²) >= 11 is 6.37. The summed E-state index contributed by atoms with van der Waals surface area (Å²) in [5.74, 6) is -0.369. The van der Waals surface area contributed by atoms with Gasteiger partial charge in [-0.1, -0.05) is 54.1 Å². The number of methoxy groups -OCH3 is 1. The molecule has 10 heteroatoms. The van der Waals surface area contributed by atoms with Gasteiger partial charge >= 0.3 is 0 Å². The van der Waals surface area contributed by atoms with Gasteiger partial charge in [-0.3, -0.25) is 13.9 Å². The van der Waals surface area contributed by atoms with Gasteiger partial charge in [0.25, 0.3) is 10.0 Å². The van der Waals surface area contributed by atoms with Gasteiger partial charge in [0, 0.05) is 13.6 Å². The highest BCUT2D eigenvalue weighted by Crippen LogP contribution is 2.30. The number of halogens is 1. The van der Waals surface area contributed by atoms with E-state index in [1.165, 1.54) is 37.3 Å². The fraction of sp³-hybridized carbons (Fsp3) is 0.231. The molecule has 0 aromatic heterocycles. The van der Waals surface area contributed by atoms with Gasteiger partial charge in [0.05, 0.1) is 22.7 Å². The number of nitrogens with one attached hydrogen (secondary N) is 1. The molecule has 3 aromatic rings. The number of carbonyl (C=O) groups excluding carboxylic acids is 2. The van der Waals surface area contributed by atoms with Gasteiger partial charge in [-0.15, -0.1) is 0 Å². The number of likely N-dealkylation sites (N-methyl/N-ethyl adjacent to an activating group) is 1. The van der Waals surface area contributed by atoms with Crippen LogP contribution in [0.5, 0.6) is 5.75 Å². The fourth-order valence-electron chi connectivity index (χ4n) is 3.65. The third-order valence-electron chi connectivity index (χ3n) is 5.63. The molecule has 0 bridgehead atoms. The molecule has 0 aliphatic rings. The van der Waals surface area contributed by atoms with Crippen LogP contribution < -0.4 is 14.4 Å². The lowest BCUT2D eigenvalue weighted by molar-refractivity contribution is -0.139. The molecule has 0 radical (unpaired) electrons. The first-order valence-corrected chi connectivity index (χ1v) is 13.0. The van der Waals surface area contributed by atoms with E-state index in [0.717, 1.165) is 4.31 Å². The van der Waals surface area contributed by atoms with Crippen molar-refractivity contribution < 1.29 is 22.7 Å². The molecule has 0 aliphatic carbocycles. The summed E-state index contributed by atoms with van der Waals surface area (Å²) in [4.78, 5) is 27.6. The second-order valence-corrected chi connectivity index (χ2v) is 10.2. The Hall–Kier alpha value is -3.56. The zero-order valence-electron chi connectivity index (χ0n) is 20.2. The Balaban J connectivity index is 2.03. The van der Waals surface area contributed by atoms with Gasteiger partial charge in [-0.2, -0.15) is 0 Å². The molecular formula is C26H28ClN3O5S. The number of ether oxygens (including phenoxy) is 1. The number of sulfonamides is 1. The number of hydrogen-bond donors (Lipinski definition) is 1. The van der Waals surface area contributed by atoms with Crippen LogP contribution in [0.15, 0.2) is 83.8 Å². The summed E-state index contributed by atoms with van der Waals surface area (Å²) in [6, 6.07) is 20.4. The molecule has 8 nitrogen and oxygen atoms in total. The number of para-hydroxylation sites is 1. The Kier molecular flexibility index (Phi) is 8.95. The summed E-state index contributed by atoms with van der Waals surface area (Å²) in [5.41, 5.74) is 0.874. The average Bonchev–Trinajstić information content (AvgIpc) is 2.90. The predicted molar refractivity (Wildman–Crippen MR) is 139 cm³/mol. The lowest BCUT2D eigenvalue weighted by Crippen LogP contribution is -2.50. The van der Waals surface area contributed by atoms with Crippen LogP contribution in [0.25, 0.3) is 0 Å². The van der Waals surface area contributed by atoms with E-state index in [2.05, 4.69) is 5.32 Å². The summed E-state index contributed by atoms with van der Waals surface area (Å²) in [6.07, 6.45) is 0. The van der Waals surface area contributed by atoms with Crippen molar-refractivity contribution in [1.29, 1.82) is 0 Å². The maximum Gasteiger partial charge on any atom is 0.264 e. The minimum atomic E-state index is -4.16. The number of hydrogen-bond acceptors (Lipinski definition) is 5. The molecule has 3 rings (SSSR count). The van der Waals surface area contributed by atoms with Gasteiger partial charge < -0.3 is 15.0 Å². The Morgan fingerprint density at radius 3 is 2.31 bits per heavy atom. The number of amides is 2. The van der Waals surface area contributed by atoms with Gasteiger partial charge in [-0.25, -0.2) is 8.42 Å². The number of benzene rings is 3. The Morgan fingerprint density at radius 1 is 1.00 bits per heavy atom. The van der Waals surface area contributed by atoms with E-state index in [4.69, 9.17) is 16.3 Å². The number of rotatable bonds is 10. The van der Waals surface area contributed by atoms with Gasteiger partial charge in [0.2, 0.25) is 11.8 Å². The molecule has 0 saturated carbocycles. The van der Waals surface area contributed by atoms with Crippen LogP contribution in [0.3, 0.4) is 0 Å². The maximum absolute atomic E-state index is 13.7. The highest BCUT2D eigenvalue weighted by atomic mass is 35.5. The molecule has 0 heterocycles. The minimum Gasteiger partial charge on any atom is -0.497 e. The highest BCUT2D eigenvalue weighted by Gasteiger charge is 2.33. The zero-order chi connectivity index (χ0) is 26.3. The lowest BCUT2D eigenvalue weighted by atomic mass is 10.1. The quantitative estimate of drug-likeness (QED) is 0.432. The predicted octanol–water partition coefficient (Wildman–Crippen LogP) is 3.71. The Labute approximate surface area is 216 Å². The smallest absolute Gasteiger partial charge is 0.264 e. The van der Waals surface area contributed by atoms with Gasteiger partial charge in [0.1, 0.15) is 18.3 Å². The molecule has 2 amide bonds. The molecule has 0 saturated heterocycles. The summed E-state index contributed by atoms with van der Waals surface area (Å²) < 4.78 is 33.5. The molecule has 0 fully saturated rings. The van der Waals surface area contributed by atoms with Crippen molar-refractivity contribution >= 4 is 39.1 Å². The molecule has 36 heavy (non-hydrogen) atoms. The first-order valence-electron chi connectivity index (χ1n) is 11.2. The van der Waals surface area contributed by atoms with Crippen LogP contribution in [0.4, 0.5) is 5.69 Å². The molecule has 1 N–H and O–H groups in total. The van der Waals surface area contributed by atoms with E-state index in [1.807, 2.05) is 0 Å². The molecule has 1 atom stereocenters. The van der Waals surface area contributed by atoms with Crippen molar-refractivity contribution in [2.75, 3.05) is 25.0 Å². The summed E-state index contributed by atoms with van der Waals surface area (Å²) in [7, 11) is -1.15. The average molecular weight is 530 g/mol. The Morgan fingerprint density at radius 2 is 1.67 bits per heavy atom. The van der Waals surface area contributed by atoms with Crippen molar-refractivity contribution in [2.45, 2.75) is 24.4 Å². The molecule has 3 aromatic carbocycles. The molecular weight excluding hydrogens is 502 g/mol. The van der Waals surface area contributed by atoms with Crippen molar-refractivity contribution in [2.24, 2.45) is 0 Å². The van der Waals surface area contributed by atoms with Crippen LogP contribution >= 0.6 is 11.6 Å². The van der Waals surface area contributed by atoms with E-state index in [9.17, 15) is 18.0 Å².